The largest absolute Gasteiger partial charge is 0.508 e. The van der Waals surface area contributed by atoms with E-state index in [4.69, 9.17) is 4.74 Å². The maximum Gasteiger partial charge on any atom is 0.408 e. The first-order valence-electron chi connectivity index (χ1n) is 7.36. The average molecular weight is 304 g/mol. The maximum absolute atomic E-state index is 11.9. The van der Waals surface area contributed by atoms with Crippen LogP contribution in [0.4, 0.5) is 4.79 Å². The minimum atomic E-state index is -0.515. The summed E-state index contributed by atoms with van der Waals surface area (Å²) in [5.74, 6) is 0.229. The van der Waals surface area contributed by atoms with Crippen molar-refractivity contribution in [3.8, 4) is 5.75 Å². The summed E-state index contributed by atoms with van der Waals surface area (Å²) < 4.78 is 5.31. The van der Waals surface area contributed by atoms with Crippen molar-refractivity contribution in [3.63, 3.8) is 0 Å². The lowest BCUT2D eigenvalue weighted by molar-refractivity contribution is 0.0472. The molecule has 0 atom stereocenters. The smallest absolute Gasteiger partial charge is 0.408 e. The van der Waals surface area contributed by atoms with E-state index in [1.807, 2.05) is 46.9 Å². The molecule has 3 N–H and O–H groups in total. The number of hydrogen-bond donors (Lipinski definition) is 3. The molecular weight excluding hydrogens is 280 g/mol. The highest BCUT2D eigenvalue weighted by atomic mass is 16.6. The molecule has 2 aromatic rings. The maximum atomic E-state index is 11.9. The zero-order chi connectivity index (χ0) is 16.5. The van der Waals surface area contributed by atoms with Crippen LogP contribution in [0.2, 0.25) is 0 Å². The van der Waals surface area contributed by atoms with E-state index in [0.29, 0.717) is 6.42 Å². The summed E-state index contributed by atoms with van der Waals surface area (Å²) >= 11 is 0. The van der Waals surface area contributed by atoms with E-state index < -0.39 is 17.2 Å². The van der Waals surface area contributed by atoms with Gasteiger partial charge in [-0.1, -0.05) is 0 Å². The number of carbonyl (C=O) groups excluding carboxylic acids is 1. The van der Waals surface area contributed by atoms with Gasteiger partial charge in [0.2, 0.25) is 0 Å². The summed E-state index contributed by atoms with van der Waals surface area (Å²) in [4.78, 5) is 15.1. The van der Waals surface area contributed by atoms with Crippen LogP contribution in [0, 0.1) is 0 Å². The summed E-state index contributed by atoms with van der Waals surface area (Å²) in [6.07, 6.45) is 2.13. The third-order valence-electron chi connectivity index (χ3n) is 3.22. The first kappa shape index (κ1) is 16.2. The van der Waals surface area contributed by atoms with Crippen LogP contribution in [-0.4, -0.2) is 27.3 Å². The van der Waals surface area contributed by atoms with Gasteiger partial charge >= 0.3 is 6.09 Å². The van der Waals surface area contributed by atoms with Gasteiger partial charge in [0.1, 0.15) is 11.4 Å². The topological polar surface area (TPSA) is 74.4 Å². The number of aromatic hydroxyl groups is 1. The van der Waals surface area contributed by atoms with E-state index in [0.717, 1.165) is 16.5 Å². The standard InChI is InChI=1S/C17H24N2O3/c1-16(2,3)22-15(21)19-17(4,5)9-11-10-18-14-8-12(20)6-7-13(11)14/h6-8,10,18,20H,9H2,1-5H3,(H,19,21). The monoisotopic (exact) mass is 304 g/mol. The molecule has 0 aliphatic heterocycles. The van der Waals surface area contributed by atoms with Crippen molar-refractivity contribution in [1.29, 1.82) is 0 Å². The lowest BCUT2D eigenvalue weighted by Gasteiger charge is -2.28. The molecule has 0 fully saturated rings. The molecule has 1 aromatic carbocycles. The molecule has 120 valence electrons. The van der Waals surface area contributed by atoms with E-state index >= 15 is 0 Å². The third kappa shape index (κ3) is 4.16. The third-order valence-corrected chi connectivity index (χ3v) is 3.22. The molecule has 1 amide bonds. The second-order valence-electron chi connectivity index (χ2n) is 7.23. The number of carbonyl (C=O) groups is 1. The highest BCUT2D eigenvalue weighted by molar-refractivity contribution is 5.84. The van der Waals surface area contributed by atoms with Gasteiger partial charge < -0.3 is 20.1 Å². The Morgan fingerprint density at radius 1 is 1.27 bits per heavy atom. The molecule has 5 heteroatoms. The molecule has 0 radical (unpaired) electrons. The molecule has 22 heavy (non-hydrogen) atoms. The molecule has 0 spiro atoms. The Bertz CT molecular complexity index is 681. The lowest BCUT2D eigenvalue weighted by Crippen LogP contribution is -2.47. The molecule has 0 aliphatic rings. The van der Waals surface area contributed by atoms with Crippen molar-refractivity contribution in [2.24, 2.45) is 0 Å². The second kappa shape index (κ2) is 5.55. The summed E-state index contributed by atoms with van der Waals surface area (Å²) in [5.41, 5.74) is 0.993. The molecule has 0 unspecified atom stereocenters. The Kier molecular flexibility index (Phi) is 4.09. The van der Waals surface area contributed by atoms with Crippen molar-refractivity contribution >= 4 is 17.0 Å². The van der Waals surface area contributed by atoms with Crippen molar-refractivity contribution in [2.75, 3.05) is 0 Å². The van der Waals surface area contributed by atoms with Crippen LogP contribution < -0.4 is 5.32 Å². The van der Waals surface area contributed by atoms with E-state index in [9.17, 15) is 9.90 Å². The van der Waals surface area contributed by atoms with Gasteiger partial charge in [0, 0.05) is 28.7 Å². The summed E-state index contributed by atoms with van der Waals surface area (Å²) in [6, 6.07) is 5.22. The van der Waals surface area contributed by atoms with Crippen LogP contribution in [0.1, 0.15) is 40.2 Å². The normalized spacial score (nSPS) is 12.4. The Balaban J connectivity index is 2.11. The van der Waals surface area contributed by atoms with Crippen LogP contribution in [-0.2, 0) is 11.2 Å². The predicted molar refractivity (Wildman–Crippen MR) is 87.1 cm³/mol. The average Bonchev–Trinajstić information content (AvgIpc) is 2.67. The molecule has 1 heterocycles. The Morgan fingerprint density at radius 2 is 1.95 bits per heavy atom. The first-order chi connectivity index (χ1) is 10.1. The van der Waals surface area contributed by atoms with Gasteiger partial charge in [-0.15, -0.1) is 0 Å². The Morgan fingerprint density at radius 3 is 2.59 bits per heavy atom. The fourth-order valence-corrected chi connectivity index (χ4v) is 2.42. The highest BCUT2D eigenvalue weighted by Gasteiger charge is 2.25. The molecule has 0 bridgehead atoms. The van der Waals surface area contributed by atoms with Crippen LogP contribution >= 0.6 is 0 Å². The van der Waals surface area contributed by atoms with E-state index in [1.165, 1.54) is 0 Å². The SMILES string of the molecule is CC(C)(Cc1c[nH]c2cc(O)ccc12)NC(=O)OC(C)(C)C. The number of fused-ring (bicyclic) bond motifs is 1. The number of hydrogen-bond acceptors (Lipinski definition) is 3. The van der Waals surface area contributed by atoms with Crippen molar-refractivity contribution < 1.29 is 14.6 Å². The number of phenols is 1. The Labute approximate surface area is 130 Å². The zero-order valence-corrected chi connectivity index (χ0v) is 13.8. The minimum Gasteiger partial charge on any atom is -0.508 e. The fourth-order valence-electron chi connectivity index (χ4n) is 2.42. The van der Waals surface area contributed by atoms with Crippen molar-refractivity contribution in [1.82, 2.24) is 10.3 Å². The number of alkyl carbamates (subject to hydrolysis) is 1. The lowest BCUT2D eigenvalue weighted by atomic mass is 9.95. The zero-order valence-electron chi connectivity index (χ0n) is 13.8. The molecule has 0 aliphatic carbocycles. The number of rotatable bonds is 3. The van der Waals surface area contributed by atoms with Gasteiger partial charge in [-0.2, -0.15) is 0 Å². The number of nitrogens with one attached hydrogen (secondary N) is 2. The van der Waals surface area contributed by atoms with Gasteiger partial charge in [0.15, 0.2) is 0 Å². The molecule has 5 nitrogen and oxygen atoms in total. The van der Waals surface area contributed by atoms with Crippen LogP contribution in [0.15, 0.2) is 24.4 Å². The predicted octanol–water partition coefficient (Wildman–Crippen LogP) is 3.72. The first-order valence-corrected chi connectivity index (χ1v) is 7.36. The molecule has 0 saturated carbocycles. The van der Waals surface area contributed by atoms with Crippen LogP contribution in [0.25, 0.3) is 10.9 Å². The number of phenolic OH excluding ortho intramolecular Hbond substituents is 1. The summed E-state index contributed by atoms with van der Waals surface area (Å²) in [7, 11) is 0. The van der Waals surface area contributed by atoms with E-state index in [-0.39, 0.29) is 5.75 Å². The highest BCUT2D eigenvalue weighted by Crippen LogP contribution is 2.25. The van der Waals surface area contributed by atoms with Crippen LogP contribution in [0.3, 0.4) is 0 Å². The second-order valence-corrected chi connectivity index (χ2v) is 7.23. The van der Waals surface area contributed by atoms with Crippen molar-refractivity contribution in [3.05, 3.63) is 30.0 Å². The molecule has 0 saturated heterocycles. The van der Waals surface area contributed by atoms with Gasteiger partial charge in [-0.05, 0) is 58.7 Å². The summed E-state index contributed by atoms with van der Waals surface area (Å²) in [6.45, 7) is 9.43. The number of aromatic amines is 1. The van der Waals surface area contributed by atoms with Gasteiger partial charge in [-0.25, -0.2) is 4.79 Å². The molecule has 2 rings (SSSR count). The molecule has 1 aromatic heterocycles. The minimum absolute atomic E-state index is 0.229. The number of aromatic nitrogens is 1. The number of ether oxygens (including phenoxy) is 1. The van der Waals surface area contributed by atoms with E-state index in [1.54, 1.807) is 12.1 Å². The van der Waals surface area contributed by atoms with E-state index in [2.05, 4.69) is 10.3 Å². The number of amides is 1. The van der Waals surface area contributed by atoms with Crippen molar-refractivity contribution in [2.45, 2.75) is 52.2 Å². The van der Waals surface area contributed by atoms with Gasteiger partial charge in [-0.3, -0.25) is 0 Å². The quantitative estimate of drug-likeness (QED) is 0.809. The summed E-state index contributed by atoms with van der Waals surface area (Å²) in [5, 5.41) is 13.4. The Hall–Kier alpha value is -2.17. The van der Waals surface area contributed by atoms with Crippen LogP contribution in [0.5, 0.6) is 5.75 Å². The number of H-pyrrole nitrogens is 1. The fraction of sp³-hybridized carbons (Fsp3) is 0.471. The number of benzene rings is 1. The molecular formula is C17H24N2O3. The van der Waals surface area contributed by atoms with Gasteiger partial charge in [0.05, 0.1) is 0 Å². The van der Waals surface area contributed by atoms with Gasteiger partial charge in [0.25, 0.3) is 0 Å².